The molecule has 0 amide bonds. The maximum atomic E-state index is 10.7. The van der Waals surface area contributed by atoms with Crippen LogP contribution in [0.25, 0.3) is 0 Å². The molecule has 0 spiro atoms. The Morgan fingerprint density at radius 3 is 1.54 bits per heavy atom. The fourth-order valence-electron chi connectivity index (χ4n) is 1.36. The van der Waals surface area contributed by atoms with E-state index in [-0.39, 0.29) is 0 Å². The molecule has 4 nitrogen and oxygen atoms in total. The highest BCUT2D eigenvalue weighted by atomic mass is 16.4. The van der Waals surface area contributed by atoms with E-state index in [0.29, 0.717) is 12.8 Å². The Morgan fingerprint density at radius 1 is 1.15 bits per heavy atom. The van der Waals surface area contributed by atoms with E-state index in [1.54, 1.807) is 6.92 Å². The molecule has 0 aliphatic heterocycles. The van der Waals surface area contributed by atoms with Gasteiger partial charge in [0.1, 0.15) is 0 Å². The molecule has 0 heterocycles. The van der Waals surface area contributed by atoms with Crippen LogP contribution < -0.4 is 0 Å². The second kappa shape index (κ2) is 4.25. The standard InChI is InChI=1S/C9H16O4/c1-4-9(3,5-2)6(7(10)11)8(12)13/h6H,4-5H2,1-3H3,(H,10,11)(H,12,13). The Morgan fingerprint density at radius 2 is 1.46 bits per heavy atom. The van der Waals surface area contributed by atoms with Gasteiger partial charge in [0.05, 0.1) is 0 Å². The summed E-state index contributed by atoms with van der Waals surface area (Å²) < 4.78 is 0. The fourth-order valence-corrected chi connectivity index (χ4v) is 1.36. The molecule has 76 valence electrons. The van der Waals surface area contributed by atoms with E-state index in [1.165, 1.54) is 0 Å². The van der Waals surface area contributed by atoms with Gasteiger partial charge in [-0.15, -0.1) is 0 Å². The number of carboxylic acids is 2. The minimum atomic E-state index is -1.30. The molecule has 0 saturated heterocycles. The second-order valence-electron chi connectivity index (χ2n) is 3.47. The zero-order valence-electron chi connectivity index (χ0n) is 8.20. The molecule has 0 aliphatic rings. The summed E-state index contributed by atoms with van der Waals surface area (Å²) in [5.74, 6) is -3.81. The van der Waals surface area contributed by atoms with Gasteiger partial charge < -0.3 is 10.2 Å². The number of aliphatic carboxylic acids is 2. The number of hydrogen-bond acceptors (Lipinski definition) is 2. The number of rotatable bonds is 5. The third kappa shape index (κ3) is 2.44. The van der Waals surface area contributed by atoms with Crippen LogP contribution in [0.4, 0.5) is 0 Å². The molecule has 0 aromatic rings. The lowest BCUT2D eigenvalue weighted by Gasteiger charge is -2.30. The van der Waals surface area contributed by atoms with Crippen LogP contribution in [0.2, 0.25) is 0 Å². The molecule has 0 aliphatic carbocycles. The summed E-state index contributed by atoms with van der Waals surface area (Å²) in [5.41, 5.74) is -0.655. The zero-order chi connectivity index (χ0) is 10.6. The smallest absolute Gasteiger partial charge is 0.318 e. The number of carbonyl (C=O) groups is 2. The van der Waals surface area contributed by atoms with Crippen LogP contribution in [0, 0.1) is 11.3 Å². The van der Waals surface area contributed by atoms with Gasteiger partial charge in [-0.1, -0.05) is 20.8 Å². The highest BCUT2D eigenvalue weighted by molar-refractivity contribution is 5.93. The average Bonchev–Trinajstić information content (AvgIpc) is 2.02. The Bertz CT molecular complexity index is 192. The molecule has 0 unspecified atom stereocenters. The van der Waals surface area contributed by atoms with E-state index < -0.39 is 23.3 Å². The fraction of sp³-hybridized carbons (Fsp3) is 0.778. The molecule has 4 heteroatoms. The predicted octanol–water partition coefficient (Wildman–Crippen LogP) is 1.60. The number of carboxylic acid groups (broad SMARTS) is 2. The minimum absolute atomic E-state index is 0.548. The molecule has 0 radical (unpaired) electrons. The molecular weight excluding hydrogens is 172 g/mol. The van der Waals surface area contributed by atoms with Crippen LogP contribution in [0.3, 0.4) is 0 Å². The highest BCUT2D eigenvalue weighted by Gasteiger charge is 2.41. The molecule has 0 rings (SSSR count). The summed E-state index contributed by atoms with van der Waals surface area (Å²) in [6.45, 7) is 5.31. The molecule has 13 heavy (non-hydrogen) atoms. The first-order valence-corrected chi connectivity index (χ1v) is 4.34. The molecule has 0 atom stereocenters. The molecule has 2 N–H and O–H groups in total. The van der Waals surface area contributed by atoms with Crippen LogP contribution in [0.1, 0.15) is 33.6 Å². The first-order chi connectivity index (χ1) is 5.89. The third-order valence-electron chi connectivity index (χ3n) is 2.81. The normalized spacial score (nSPS) is 11.7. The van der Waals surface area contributed by atoms with E-state index >= 15 is 0 Å². The molecular formula is C9H16O4. The first-order valence-electron chi connectivity index (χ1n) is 4.34. The van der Waals surface area contributed by atoms with Crippen molar-refractivity contribution in [2.24, 2.45) is 11.3 Å². The first kappa shape index (κ1) is 11.9. The van der Waals surface area contributed by atoms with Gasteiger partial charge in [0.25, 0.3) is 0 Å². The van der Waals surface area contributed by atoms with Gasteiger partial charge in [0.2, 0.25) is 0 Å². The monoisotopic (exact) mass is 188 g/mol. The van der Waals surface area contributed by atoms with Crippen LogP contribution >= 0.6 is 0 Å². The molecule has 0 aromatic carbocycles. The summed E-state index contributed by atoms with van der Waals surface area (Å²) >= 11 is 0. The molecule has 0 saturated carbocycles. The molecule has 0 bridgehead atoms. The van der Waals surface area contributed by atoms with Gasteiger partial charge in [-0.3, -0.25) is 9.59 Å². The van der Waals surface area contributed by atoms with Gasteiger partial charge in [-0.25, -0.2) is 0 Å². The van der Waals surface area contributed by atoms with Crippen molar-refractivity contribution < 1.29 is 19.8 Å². The Kier molecular flexibility index (Phi) is 3.91. The highest BCUT2D eigenvalue weighted by Crippen LogP contribution is 2.35. The van der Waals surface area contributed by atoms with Crippen molar-refractivity contribution in [1.82, 2.24) is 0 Å². The lowest BCUT2D eigenvalue weighted by atomic mass is 9.73. The zero-order valence-corrected chi connectivity index (χ0v) is 8.20. The third-order valence-corrected chi connectivity index (χ3v) is 2.81. The van der Waals surface area contributed by atoms with Crippen molar-refractivity contribution in [2.75, 3.05) is 0 Å². The predicted molar refractivity (Wildman–Crippen MR) is 47.5 cm³/mol. The van der Waals surface area contributed by atoms with Crippen LogP contribution in [0.15, 0.2) is 0 Å². The lowest BCUT2D eigenvalue weighted by molar-refractivity contribution is -0.161. The van der Waals surface area contributed by atoms with E-state index in [9.17, 15) is 9.59 Å². The SMILES string of the molecule is CCC(C)(CC)C(C(=O)O)C(=O)O. The van der Waals surface area contributed by atoms with E-state index in [1.807, 2.05) is 13.8 Å². The van der Waals surface area contributed by atoms with Crippen LogP contribution in [-0.2, 0) is 9.59 Å². The summed E-state index contributed by atoms with van der Waals surface area (Å²) in [4.78, 5) is 21.4. The quantitative estimate of drug-likeness (QED) is 0.642. The Labute approximate surface area is 77.6 Å². The summed E-state index contributed by atoms with van der Waals surface area (Å²) in [5, 5.41) is 17.5. The topological polar surface area (TPSA) is 74.6 Å². The van der Waals surface area contributed by atoms with Crippen molar-refractivity contribution in [3.63, 3.8) is 0 Å². The molecule has 0 aromatic heterocycles. The Hall–Kier alpha value is -1.06. The summed E-state index contributed by atoms with van der Waals surface area (Å²) in [7, 11) is 0. The van der Waals surface area contributed by atoms with Gasteiger partial charge in [0, 0.05) is 0 Å². The van der Waals surface area contributed by atoms with Crippen molar-refractivity contribution >= 4 is 11.9 Å². The van der Waals surface area contributed by atoms with Crippen molar-refractivity contribution in [1.29, 1.82) is 0 Å². The van der Waals surface area contributed by atoms with Crippen LogP contribution in [-0.4, -0.2) is 22.2 Å². The average molecular weight is 188 g/mol. The molecule has 0 fully saturated rings. The van der Waals surface area contributed by atoms with Crippen LogP contribution in [0.5, 0.6) is 0 Å². The largest absolute Gasteiger partial charge is 0.481 e. The van der Waals surface area contributed by atoms with Gasteiger partial charge in [0.15, 0.2) is 5.92 Å². The second-order valence-corrected chi connectivity index (χ2v) is 3.47. The van der Waals surface area contributed by atoms with Crippen molar-refractivity contribution in [3.05, 3.63) is 0 Å². The van der Waals surface area contributed by atoms with Gasteiger partial charge in [-0.2, -0.15) is 0 Å². The van der Waals surface area contributed by atoms with E-state index in [4.69, 9.17) is 10.2 Å². The van der Waals surface area contributed by atoms with Crippen molar-refractivity contribution in [2.45, 2.75) is 33.6 Å². The summed E-state index contributed by atoms with van der Waals surface area (Å²) in [6, 6.07) is 0. The number of hydrogen-bond donors (Lipinski definition) is 2. The summed E-state index contributed by atoms with van der Waals surface area (Å²) in [6.07, 6.45) is 1.10. The van der Waals surface area contributed by atoms with Crippen molar-refractivity contribution in [3.8, 4) is 0 Å². The maximum Gasteiger partial charge on any atom is 0.318 e. The lowest BCUT2D eigenvalue weighted by Crippen LogP contribution is -2.38. The van der Waals surface area contributed by atoms with E-state index in [2.05, 4.69) is 0 Å². The Balaban J connectivity index is 4.91. The van der Waals surface area contributed by atoms with Gasteiger partial charge in [-0.05, 0) is 18.3 Å². The van der Waals surface area contributed by atoms with Gasteiger partial charge >= 0.3 is 11.9 Å². The van der Waals surface area contributed by atoms with E-state index in [0.717, 1.165) is 0 Å². The minimum Gasteiger partial charge on any atom is -0.481 e. The maximum absolute atomic E-state index is 10.7.